The van der Waals surface area contributed by atoms with Gasteiger partial charge in [-0.05, 0) is 55.7 Å². The van der Waals surface area contributed by atoms with Crippen LogP contribution in [0, 0.1) is 11.8 Å². The number of likely N-dealkylation sites (tertiary alicyclic amines) is 1. The summed E-state index contributed by atoms with van der Waals surface area (Å²) in [6.07, 6.45) is 3.07. The summed E-state index contributed by atoms with van der Waals surface area (Å²) in [6.45, 7) is 1.80. The van der Waals surface area contributed by atoms with Gasteiger partial charge in [-0.3, -0.25) is 9.89 Å². The molecule has 3 heterocycles. The highest BCUT2D eigenvalue weighted by molar-refractivity contribution is 5.85. The number of fused-ring (bicyclic) bond motifs is 2. The zero-order valence-electron chi connectivity index (χ0n) is 16.9. The molecule has 0 spiro atoms. The SMILES string of the molecule is O=C(C1CCOCC1)N1CCC(C(F)(F)[C@H](O)c2c3c(cc4cn[nH]c24)CC3)CC1. The van der Waals surface area contributed by atoms with Gasteiger partial charge in [-0.1, -0.05) is 0 Å². The van der Waals surface area contributed by atoms with E-state index in [4.69, 9.17) is 4.74 Å². The van der Waals surface area contributed by atoms with E-state index in [9.17, 15) is 9.90 Å². The first-order chi connectivity index (χ1) is 14.5. The zero-order valence-corrected chi connectivity index (χ0v) is 16.9. The minimum atomic E-state index is -3.27. The highest BCUT2D eigenvalue weighted by Crippen LogP contribution is 2.47. The smallest absolute Gasteiger partial charge is 0.280 e. The van der Waals surface area contributed by atoms with Gasteiger partial charge in [0.1, 0.15) is 6.10 Å². The number of aromatic nitrogens is 2. The van der Waals surface area contributed by atoms with E-state index in [0.29, 0.717) is 56.6 Å². The molecule has 2 saturated heterocycles. The molecule has 0 unspecified atom stereocenters. The van der Waals surface area contributed by atoms with E-state index in [-0.39, 0.29) is 24.7 Å². The molecule has 2 N–H and O–H groups in total. The Balaban J connectivity index is 1.31. The molecular formula is C22H27F2N3O3. The van der Waals surface area contributed by atoms with Crippen LogP contribution in [0.4, 0.5) is 8.78 Å². The van der Waals surface area contributed by atoms with Crippen LogP contribution in [0.5, 0.6) is 0 Å². The van der Waals surface area contributed by atoms with Gasteiger partial charge in [0.25, 0.3) is 5.92 Å². The van der Waals surface area contributed by atoms with Gasteiger partial charge in [-0.25, -0.2) is 8.78 Å². The van der Waals surface area contributed by atoms with Gasteiger partial charge in [-0.2, -0.15) is 5.10 Å². The lowest BCUT2D eigenvalue weighted by atomic mass is 9.77. The molecule has 1 atom stereocenters. The van der Waals surface area contributed by atoms with Crippen molar-refractivity contribution in [2.75, 3.05) is 26.3 Å². The van der Waals surface area contributed by atoms with Crippen LogP contribution >= 0.6 is 0 Å². The van der Waals surface area contributed by atoms with Crippen LogP contribution in [-0.4, -0.2) is 58.3 Å². The summed E-state index contributed by atoms with van der Waals surface area (Å²) in [5, 5.41) is 18.4. The number of nitrogens with one attached hydrogen (secondary N) is 1. The number of H-pyrrole nitrogens is 1. The molecule has 162 valence electrons. The normalized spacial score (nSPS) is 22.0. The predicted molar refractivity (Wildman–Crippen MR) is 106 cm³/mol. The standard InChI is InChI=1S/C22H27F2N3O3/c23-22(24,16-3-7-27(8-4-16)21(29)13-5-9-30-10-6-13)20(28)18-17-2-1-14(17)11-15-12-25-26-19(15)18/h11-13,16,20,28H,1-10H2,(H,25,26)/t20-/m1/s1. The third-order valence-electron chi connectivity index (χ3n) is 7.18. The predicted octanol–water partition coefficient (Wildman–Crippen LogP) is 3.00. The molecule has 6 nitrogen and oxygen atoms in total. The Labute approximate surface area is 173 Å². The van der Waals surface area contributed by atoms with Crippen LogP contribution in [0.25, 0.3) is 10.9 Å². The third-order valence-corrected chi connectivity index (χ3v) is 7.18. The number of piperidine rings is 1. The number of nitrogens with zero attached hydrogens (tertiary/aromatic N) is 2. The lowest BCUT2D eigenvalue weighted by Gasteiger charge is -2.40. The highest BCUT2D eigenvalue weighted by atomic mass is 19.3. The number of aryl methyl sites for hydroxylation is 1. The van der Waals surface area contributed by atoms with Crippen LogP contribution in [0.1, 0.15) is 48.5 Å². The van der Waals surface area contributed by atoms with E-state index in [1.54, 1.807) is 11.1 Å². The topological polar surface area (TPSA) is 78.4 Å². The molecule has 0 radical (unpaired) electrons. The maximum Gasteiger partial charge on any atom is 0.280 e. The molecular weight excluding hydrogens is 392 g/mol. The molecule has 1 aliphatic carbocycles. The molecule has 5 rings (SSSR count). The third kappa shape index (κ3) is 3.21. The van der Waals surface area contributed by atoms with E-state index in [2.05, 4.69) is 10.2 Å². The van der Waals surface area contributed by atoms with Crippen molar-refractivity contribution in [2.45, 2.75) is 50.6 Å². The molecule has 2 aliphatic heterocycles. The second kappa shape index (κ2) is 7.57. The summed E-state index contributed by atoms with van der Waals surface area (Å²) in [7, 11) is 0. The van der Waals surface area contributed by atoms with Crippen LogP contribution in [0.3, 0.4) is 0 Å². The Morgan fingerprint density at radius 2 is 1.97 bits per heavy atom. The Kier molecular flexibility index (Phi) is 5.01. The average molecular weight is 419 g/mol. The fourth-order valence-electron chi connectivity index (χ4n) is 5.23. The summed E-state index contributed by atoms with van der Waals surface area (Å²) >= 11 is 0. The van der Waals surface area contributed by atoms with Crippen molar-refractivity contribution in [1.29, 1.82) is 0 Å². The van der Waals surface area contributed by atoms with Crippen molar-refractivity contribution < 1.29 is 23.4 Å². The van der Waals surface area contributed by atoms with Crippen molar-refractivity contribution >= 4 is 16.8 Å². The maximum absolute atomic E-state index is 15.4. The summed E-state index contributed by atoms with van der Waals surface area (Å²) in [5.41, 5.74) is 2.65. The molecule has 8 heteroatoms. The Bertz CT molecular complexity index is 946. The fourth-order valence-corrected chi connectivity index (χ4v) is 5.23. The lowest BCUT2D eigenvalue weighted by molar-refractivity contribution is -0.166. The van der Waals surface area contributed by atoms with E-state index in [1.807, 2.05) is 6.07 Å². The lowest BCUT2D eigenvalue weighted by Crippen LogP contribution is -2.47. The number of benzene rings is 1. The van der Waals surface area contributed by atoms with E-state index in [1.165, 1.54) is 0 Å². The average Bonchev–Trinajstić information content (AvgIpc) is 3.23. The van der Waals surface area contributed by atoms with Crippen LogP contribution in [-0.2, 0) is 22.4 Å². The number of carbonyl (C=O) groups is 1. The number of ether oxygens (including phenoxy) is 1. The Hall–Kier alpha value is -2.06. The number of hydrogen-bond donors (Lipinski definition) is 2. The van der Waals surface area contributed by atoms with E-state index in [0.717, 1.165) is 22.9 Å². The minimum Gasteiger partial charge on any atom is -0.382 e. The molecule has 2 aromatic rings. The molecule has 1 aromatic heterocycles. The number of hydrogen-bond acceptors (Lipinski definition) is 4. The monoisotopic (exact) mass is 419 g/mol. The van der Waals surface area contributed by atoms with Crippen LogP contribution < -0.4 is 0 Å². The maximum atomic E-state index is 15.4. The molecule has 1 amide bonds. The first kappa shape index (κ1) is 19.9. The first-order valence-electron chi connectivity index (χ1n) is 10.9. The van der Waals surface area contributed by atoms with E-state index < -0.39 is 17.9 Å². The van der Waals surface area contributed by atoms with Crippen molar-refractivity contribution in [3.05, 3.63) is 29.0 Å². The van der Waals surface area contributed by atoms with Crippen LogP contribution in [0.2, 0.25) is 0 Å². The van der Waals surface area contributed by atoms with Gasteiger partial charge >= 0.3 is 0 Å². The van der Waals surface area contributed by atoms with Crippen molar-refractivity contribution in [2.24, 2.45) is 11.8 Å². The Morgan fingerprint density at radius 3 is 2.63 bits per heavy atom. The van der Waals surface area contributed by atoms with Crippen molar-refractivity contribution in [3.8, 4) is 0 Å². The molecule has 1 aromatic carbocycles. The number of rotatable bonds is 4. The second-order valence-corrected chi connectivity index (χ2v) is 8.83. The number of alkyl halides is 2. The number of amides is 1. The molecule has 0 saturated carbocycles. The van der Waals surface area contributed by atoms with E-state index >= 15 is 8.78 Å². The summed E-state index contributed by atoms with van der Waals surface area (Å²) < 4.78 is 36.2. The summed E-state index contributed by atoms with van der Waals surface area (Å²) in [5.74, 6) is -4.22. The fraction of sp³-hybridized carbons (Fsp3) is 0.636. The van der Waals surface area contributed by atoms with Gasteiger partial charge < -0.3 is 14.7 Å². The summed E-state index contributed by atoms with van der Waals surface area (Å²) in [4.78, 5) is 14.4. The van der Waals surface area contributed by atoms with Gasteiger partial charge in [0.15, 0.2) is 0 Å². The quantitative estimate of drug-likeness (QED) is 0.799. The highest BCUT2D eigenvalue weighted by Gasteiger charge is 2.50. The van der Waals surface area contributed by atoms with Gasteiger partial charge in [0, 0.05) is 49.1 Å². The molecule has 30 heavy (non-hydrogen) atoms. The first-order valence-corrected chi connectivity index (χ1v) is 10.9. The summed E-state index contributed by atoms with van der Waals surface area (Å²) in [6, 6.07) is 1.96. The van der Waals surface area contributed by atoms with Crippen molar-refractivity contribution in [3.63, 3.8) is 0 Å². The number of halogens is 2. The van der Waals surface area contributed by atoms with Crippen LogP contribution in [0.15, 0.2) is 12.3 Å². The van der Waals surface area contributed by atoms with Gasteiger partial charge in [-0.15, -0.1) is 0 Å². The second-order valence-electron chi connectivity index (χ2n) is 8.83. The molecule has 0 bridgehead atoms. The molecule has 3 aliphatic rings. The largest absolute Gasteiger partial charge is 0.382 e. The van der Waals surface area contributed by atoms with Crippen molar-refractivity contribution in [1.82, 2.24) is 15.1 Å². The minimum absolute atomic E-state index is 0.0572. The number of aliphatic hydroxyl groups is 1. The zero-order chi connectivity index (χ0) is 20.9. The number of aliphatic hydroxyl groups excluding tert-OH is 1. The molecule has 2 fully saturated rings. The number of carbonyl (C=O) groups excluding carboxylic acids is 1. The van der Waals surface area contributed by atoms with Gasteiger partial charge in [0.05, 0.1) is 11.7 Å². The number of aromatic amines is 1. The van der Waals surface area contributed by atoms with Gasteiger partial charge in [0.2, 0.25) is 5.91 Å². The Morgan fingerprint density at radius 1 is 1.23 bits per heavy atom.